The molecule has 2 heterocycles. The van der Waals surface area contributed by atoms with E-state index in [0.717, 1.165) is 22.6 Å². The van der Waals surface area contributed by atoms with Crippen LogP contribution in [0.1, 0.15) is 0 Å². The number of nitrogens with one attached hydrogen (secondary N) is 1. The third-order valence-electron chi connectivity index (χ3n) is 2.90. The fraction of sp³-hybridized carbons (Fsp3) is 0.0714. The van der Waals surface area contributed by atoms with E-state index in [1.165, 1.54) is 12.1 Å². The van der Waals surface area contributed by atoms with E-state index in [1.54, 1.807) is 12.3 Å². The van der Waals surface area contributed by atoms with Crippen LogP contribution in [0.15, 0.2) is 48.8 Å². The van der Waals surface area contributed by atoms with Crippen molar-refractivity contribution in [2.45, 2.75) is 0 Å². The van der Waals surface area contributed by atoms with Crippen molar-refractivity contribution in [3.8, 4) is 11.4 Å². The number of hydrogen-bond donors (Lipinski definition) is 1. The van der Waals surface area contributed by atoms with E-state index >= 15 is 0 Å². The zero-order chi connectivity index (χ0) is 12.5. The maximum Gasteiger partial charge on any atom is 0.144 e. The minimum atomic E-state index is -0.256. The lowest BCUT2D eigenvalue weighted by atomic mass is 10.2. The topological polar surface area (TPSA) is 29.3 Å². The molecule has 0 atom stereocenters. The van der Waals surface area contributed by atoms with Crippen LogP contribution < -0.4 is 5.32 Å². The monoisotopic (exact) mass is 241 g/mol. The van der Waals surface area contributed by atoms with Crippen LogP contribution >= 0.6 is 0 Å². The summed E-state index contributed by atoms with van der Waals surface area (Å²) in [7, 11) is 1.86. The van der Waals surface area contributed by atoms with Crippen molar-refractivity contribution in [1.29, 1.82) is 0 Å². The highest BCUT2D eigenvalue weighted by Crippen LogP contribution is 2.22. The van der Waals surface area contributed by atoms with Crippen molar-refractivity contribution < 1.29 is 4.39 Å². The van der Waals surface area contributed by atoms with Gasteiger partial charge in [0.15, 0.2) is 0 Å². The molecule has 0 fully saturated rings. The Morgan fingerprint density at radius 3 is 2.89 bits per heavy atom. The molecule has 0 unspecified atom stereocenters. The SMILES string of the molecule is CNc1ccc2cnc(-c3cccc(F)c3)n2c1. The Labute approximate surface area is 104 Å². The van der Waals surface area contributed by atoms with Gasteiger partial charge in [0.25, 0.3) is 0 Å². The van der Waals surface area contributed by atoms with Crippen molar-refractivity contribution in [3.05, 3.63) is 54.6 Å². The number of fused-ring (bicyclic) bond motifs is 1. The Bertz CT molecular complexity index is 703. The third-order valence-corrected chi connectivity index (χ3v) is 2.90. The van der Waals surface area contributed by atoms with E-state index in [9.17, 15) is 4.39 Å². The molecule has 0 amide bonds. The number of benzene rings is 1. The van der Waals surface area contributed by atoms with E-state index in [2.05, 4.69) is 10.3 Å². The Morgan fingerprint density at radius 2 is 2.11 bits per heavy atom. The Balaban J connectivity index is 2.22. The van der Waals surface area contributed by atoms with Crippen LogP contribution in [0.5, 0.6) is 0 Å². The molecule has 90 valence electrons. The Kier molecular flexibility index (Phi) is 2.48. The van der Waals surface area contributed by atoms with Crippen LogP contribution in [-0.4, -0.2) is 16.4 Å². The molecule has 4 heteroatoms. The summed E-state index contributed by atoms with van der Waals surface area (Å²) in [4.78, 5) is 4.35. The quantitative estimate of drug-likeness (QED) is 0.746. The van der Waals surface area contributed by atoms with Gasteiger partial charge in [-0.1, -0.05) is 12.1 Å². The second-order valence-electron chi connectivity index (χ2n) is 4.05. The average Bonchev–Trinajstić information content (AvgIpc) is 2.81. The van der Waals surface area contributed by atoms with E-state index in [0.29, 0.717) is 0 Å². The van der Waals surface area contributed by atoms with Gasteiger partial charge >= 0.3 is 0 Å². The molecule has 2 aromatic heterocycles. The smallest absolute Gasteiger partial charge is 0.144 e. The van der Waals surface area contributed by atoms with Crippen LogP contribution in [0.4, 0.5) is 10.1 Å². The molecule has 0 saturated carbocycles. The number of imidazole rings is 1. The molecule has 0 aliphatic carbocycles. The number of pyridine rings is 1. The molecule has 1 aromatic carbocycles. The standard InChI is InChI=1S/C14H12FN3/c1-16-12-5-6-13-8-17-14(18(13)9-12)10-3-2-4-11(15)7-10/h2-9,16H,1H3. The molecule has 0 aliphatic heterocycles. The van der Waals surface area contributed by atoms with E-state index in [1.807, 2.05) is 35.8 Å². The summed E-state index contributed by atoms with van der Waals surface area (Å²) in [5.74, 6) is 0.482. The predicted octanol–water partition coefficient (Wildman–Crippen LogP) is 3.18. The normalized spacial score (nSPS) is 10.8. The van der Waals surface area contributed by atoms with Gasteiger partial charge < -0.3 is 5.32 Å². The number of anilines is 1. The molecular formula is C14H12FN3. The maximum absolute atomic E-state index is 13.3. The lowest BCUT2D eigenvalue weighted by Crippen LogP contribution is -1.94. The summed E-state index contributed by atoms with van der Waals surface area (Å²) in [5.41, 5.74) is 2.73. The number of aromatic nitrogens is 2. The highest BCUT2D eigenvalue weighted by atomic mass is 19.1. The minimum Gasteiger partial charge on any atom is -0.387 e. The van der Waals surface area contributed by atoms with Crippen LogP contribution in [0, 0.1) is 5.82 Å². The third kappa shape index (κ3) is 1.72. The predicted molar refractivity (Wildman–Crippen MR) is 70.1 cm³/mol. The average molecular weight is 241 g/mol. The first kappa shape index (κ1) is 10.8. The molecule has 0 saturated heterocycles. The zero-order valence-corrected chi connectivity index (χ0v) is 9.89. The van der Waals surface area contributed by atoms with Gasteiger partial charge in [0, 0.05) is 18.8 Å². The van der Waals surface area contributed by atoms with Crippen LogP contribution in [0.25, 0.3) is 16.9 Å². The highest BCUT2D eigenvalue weighted by Gasteiger charge is 2.07. The first-order valence-corrected chi connectivity index (χ1v) is 5.69. The molecule has 0 aliphatic rings. The molecule has 3 rings (SSSR count). The molecule has 0 radical (unpaired) electrons. The van der Waals surface area contributed by atoms with Gasteiger partial charge in [-0.05, 0) is 24.3 Å². The van der Waals surface area contributed by atoms with Crippen molar-refractivity contribution in [2.24, 2.45) is 0 Å². The molecular weight excluding hydrogens is 229 g/mol. The Hall–Kier alpha value is -2.36. The first-order valence-electron chi connectivity index (χ1n) is 5.69. The number of rotatable bonds is 2. The van der Waals surface area contributed by atoms with Gasteiger partial charge in [-0.3, -0.25) is 4.40 Å². The number of halogens is 1. The number of hydrogen-bond acceptors (Lipinski definition) is 2. The molecule has 18 heavy (non-hydrogen) atoms. The van der Waals surface area contributed by atoms with E-state index in [4.69, 9.17) is 0 Å². The molecule has 1 N–H and O–H groups in total. The summed E-state index contributed by atoms with van der Waals surface area (Å²) in [6, 6.07) is 10.4. The van der Waals surface area contributed by atoms with E-state index in [-0.39, 0.29) is 5.82 Å². The summed E-state index contributed by atoms with van der Waals surface area (Å²) in [6.45, 7) is 0. The van der Waals surface area contributed by atoms with Gasteiger partial charge in [0.05, 0.1) is 17.4 Å². The summed E-state index contributed by atoms with van der Waals surface area (Å²) in [6.07, 6.45) is 3.72. The van der Waals surface area contributed by atoms with Crippen LogP contribution in [0.2, 0.25) is 0 Å². The summed E-state index contributed by atoms with van der Waals surface area (Å²) < 4.78 is 15.2. The largest absolute Gasteiger partial charge is 0.387 e. The minimum absolute atomic E-state index is 0.256. The highest BCUT2D eigenvalue weighted by molar-refractivity contribution is 5.64. The van der Waals surface area contributed by atoms with Crippen LogP contribution in [0.3, 0.4) is 0 Å². The van der Waals surface area contributed by atoms with Gasteiger partial charge in [-0.15, -0.1) is 0 Å². The van der Waals surface area contributed by atoms with Gasteiger partial charge in [0.2, 0.25) is 0 Å². The molecule has 3 nitrogen and oxygen atoms in total. The van der Waals surface area contributed by atoms with Crippen molar-refractivity contribution in [2.75, 3.05) is 12.4 Å². The second-order valence-corrected chi connectivity index (χ2v) is 4.05. The second kappa shape index (κ2) is 4.14. The van der Waals surface area contributed by atoms with Gasteiger partial charge in [0.1, 0.15) is 11.6 Å². The molecule has 3 aromatic rings. The first-order chi connectivity index (χ1) is 8.78. The summed E-state index contributed by atoms with van der Waals surface area (Å²) in [5, 5.41) is 3.08. The Morgan fingerprint density at radius 1 is 1.22 bits per heavy atom. The molecule has 0 spiro atoms. The van der Waals surface area contributed by atoms with Crippen LogP contribution in [-0.2, 0) is 0 Å². The summed E-state index contributed by atoms with van der Waals surface area (Å²) >= 11 is 0. The fourth-order valence-electron chi connectivity index (χ4n) is 1.98. The molecule has 0 bridgehead atoms. The van der Waals surface area contributed by atoms with E-state index < -0.39 is 0 Å². The zero-order valence-electron chi connectivity index (χ0n) is 9.89. The van der Waals surface area contributed by atoms with Gasteiger partial charge in [-0.25, -0.2) is 9.37 Å². The lowest BCUT2D eigenvalue weighted by Gasteiger charge is -2.04. The van der Waals surface area contributed by atoms with Gasteiger partial charge in [-0.2, -0.15) is 0 Å². The van der Waals surface area contributed by atoms with Crippen molar-refractivity contribution in [1.82, 2.24) is 9.38 Å². The lowest BCUT2D eigenvalue weighted by molar-refractivity contribution is 0.628. The van der Waals surface area contributed by atoms with Crippen molar-refractivity contribution >= 4 is 11.2 Å². The fourth-order valence-corrected chi connectivity index (χ4v) is 1.98. The number of nitrogens with zero attached hydrogens (tertiary/aromatic N) is 2. The maximum atomic E-state index is 13.3. The van der Waals surface area contributed by atoms with Crippen molar-refractivity contribution in [3.63, 3.8) is 0 Å².